The van der Waals surface area contributed by atoms with Crippen LogP contribution in [0, 0.1) is 0 Å². The van der Waals surface area contributed by atoms with Crippen LogP contribution in [-0.2, 0) is 0 Å². The third kappa shape index (κ3) is 4.14. The molecule has 2 N–H and O–H groups in total. The Morgan fingerprint density at radius 1 is 1.29 bits per heavy atom. The van der Waals surface area contributed by atoms with E-state index in [9.17, 15) is 0 Å². The lowest BCUT2D eigenvalue weighted by atomic mass is 10.0. The van der Waals surface area contributed by atoms with Gasteiger partial charge in [-0.2, -0.15) is 0 Å². The standard InChI is InChI=1S/C15H24N2/c1-13(14-7-3-2-4-8-14)11-16-12-15-9-5-6-10-17-15/h2-4,7-8,13,15-17H,5-6,9-12H2,1H3. The summed E-state index contributed by atoms with van der Waals surface area (Å²) in [5, 5.41) is 7.16. The van der Waals surface area contributed by atoms with Crippen LogP contribution in [0.3, 0.4) is 0 Å². The first kappa shape index (κ1) is 12.6. The van der Waals surface area contributed by atoms with Gasteiger partial charge in [0.1, 0.15) is 0 Å². The van der Waals surface area contributed by atoms with E-state index in [1.807, 2.05) is 0 Å². The first-order valence-corrected chi connectivity index (χ1v) is 6.85. The Balaban J connectivity index is 1.67. The van der Waals surface area contributed by atoms with Gasteiger partial charge >= 0.3 is 0 Å². The quantitative estimate of drug-likeness (QED) is 0.815. The molecule has 0 radical (unpaired) electrons. The van der Waals surface area contributed by atoms with Crippen molar-refractivity contribution >= 4 is 0 Å². The molecule has 2 rings (SSSR count). The minimum Gasteiger partial charge on any atom is -0.315 e. The molecule has 2 unspecified atom stereocenters. The number of hydrogen-bond donors (Lipinski definition) is 2. The molecule has 1 aliphatic rings. The smallest absolute Gasteiger partial charge is 0.0192 e. The highest BCUT2D eigenvalue weighted by molar-refractivity contribution is 5.18. The summed E-state index contributed by atoms with van der Waals surface area (Å²) in [6.07, 6.45) is 4.05. The fourth-order valence-electron chi connectivity index (χ4n) is 2.47. The van der Waals surface area contributed by atoms with Crippen molar-refractivity contribution in [3.63, 3.8) is 0 Å². The summed E-state index contributed by atoms with van der Waals surface area (Å²) < 4.78 is 0. The molecular weight excluding hydrogens is 208 g/mol. The van der Waals surface area contributed by atoms with Crippen LogP contribution in [0.4, 0.5) is 0 Å². The average molecular weight is 232 g/mol. The Hall–Kier alpha value is -0.860. The van der Waals surface area contributed by atoms with Gasteiger partial charge in [-0.1, -0.05) is 43.7 Å². The van der Waals surface area contributed by atoms with Crippen molar-refractivity contribution < 1.29 is 0 Å². The molecule has 1 fully saturated rings. The van der Waals surface area contributed by atoms with Crippen LogP contribution in [0.25, 0.3) is 0 Å². The Morgan fingerprint density at radius 3 is 2.82 bits per heavy atom. The molecule has 1 aromatic rings. The maximum atomic E-state index is 3.59. The van der Waals surface area contributed by atoms with Gasteiger partial charge in [0.15, 0.2) is 0 Å². The maximum absolute atomic E-state index is 3.59. The van der Waals surface area contributed by atoms with Gasteiger partial charge < -0.3 is 10.6 Å². The number of piperidine rings is 1. The Bertz CT molecular complexity index is 304. The zero-order chi connectivity index (χ0) is 11.9. The second kappa shape index (κ2) is 6.77. The largest absolute Gasteiger partial charge is 0.315 e. The zero-order valence-electron chi connectivity index (χ0n) is 10.8. The Labute approximate surface area is 105 Å². The molecular formula is C15H24N2. The summed E-state index contributed by atoms with van der Waals surface area (Å²) in [5.41, 5.74) is 1.43. The minimum absolute atomic E-state index is 0.597. The van der Waals surface area contributed by atoms with E-state index in [1.54, 1.807) is 0 Å². The molecule has 0 aliphatic carbocycles. The van der Waals surface area contributed by atoms with Gasteiger partial charge in [-0.15, -0.1) is 0 Å². The van der Waals surface area contributed by atoms with Gasteiger partial charge in [0.05, 0.1) is 0 Å². The number of nitrogens with one attached hydrogen (secondary N) is 2. The predicted molar refractivity (Wildman–Crippen MR) is 73.4 cm³/mol. The molecule has 1 aromatic carbocycles. The van der Waals surface area contributed by atoms with Crippen molar-refractivity contribution in [2.75, 3.05) is 19.6 Å². The monoisotopic (exact) mass is 232 g/mol. The predicted octanol–water partition coefficient (Wildman–Crippen LogP) is 2.52. The van der Waals surface area contributed by atoms with E-state index in [0.29, 0.717) is 12.0 Å². The van der Waals surface area contributed by atoms with Crippen LogP contribution in [0.5, 0.6) is 0 Å². The number of benzene rings is 1. The van der Waals surface area contributed by atoms with E-state index in [0.717, 1.165) is 13.1 Å². The van der Waals surface area contributed by atoms with E-state index < -0.39 is 0 Å². The van der Waals surface area contributed by atoms with Crippen molar-refractivity contribution in [2.24, 2.45) is 0 Å². The number of rotatable bonds is 5. The van der Waals surface area contributed by atoms with Crippen LogP contribution >= 0.6 is 0 Å². The molecule has 0 aromatic heterocycles. The lowest BCUT2D eigenvalue weighted by Gasteiger charge is -2.24. The molecule has 0 bridgehead atoms. The summed E-state index contributed by atoms with van der Waals surface area (Å²) in [5.74, 6) is 0.597. The molecule has 0 saturated carbocycles. The highest BCUT2D eigenvalue weighted by atomic mass is 15.0. The summed E-state index contributed by atoms with van der Waals surface area (Å²) in [6.45, 7) is 5.66. The zero-order valence-corrected chi connectivity index (χ0v) is 10.8. The maximum Gasteiger partial charge on any atom is 0.0192 e. The highest BCUT2D eigenvalue weighted by Crippen LogP contribution is 2.13. The molecule has 17 heavy (non-hydrogen) atoms. The SMILES string of the molecule is CC(CNCC1CCCCN1)c1ccccc1. The summed E-state index contributed by atoms with van der Waals surface area (Å²) in [4.78, 5) is 0. The molecule has 1 aliphatic heterocycles. The van der Waals surface area contributed by atoms with Gasteiger partial charge in [-0.05, 0) is 30.9 Å². The normalized spacial score (nSPS) is 22.3. The fraction of sp³-hybridized carbons (Fsp3) is 0.600. The van der Waals surface area contributed by atoms with E-state index in [4.69, 9.17) is 0 Å². The second-order valence-electron chi connectivity index (χ2n) is 5.12. The third-order valence-electron chi connectivity index (χ3n) is 3.62. The molecule has 1 heterocycles. The van der Waals surface area contributed by atoms with E-state index >= 15 is 0 Å². The lowest BCUT2D eigenvalue weighted by Crippen LogP contribution is -2.42. The number of hydrogen-bond acceptors (Lipinski definition) is 2. The van der Waals surface area contributed by atoms with Gasteiger partial charge in [0.2, 0.25) is 0 Å². The molecule has 94 valence electrons. The molecule has 2 heteroatoms. The van der Waals surface area contributed by atoms with E-state index in [2.05, 4.69) is 47.9 Å². The van der Waals surface area contributed by atoms with Gasteiger partial charge in [0.25, 0.3) is 0 Å². The molecule has 0 amide bonds. The first-order valence-electron chi connectivity index (χ1n) is 6.85. The van der Waals surface area contributed by atoms with Crippen LogP contribution in [0.2, 0.25) is 0 Å². The fourth-order valence-corrected chi connectivity index (χ4v) is 2.47. The Morgan fingerprint density at radius 2 is 2.12 bits per heavy atom. The van der Waals surface area contributed by atoms with Crippen LogP contribution in [0.1, 0.15) is 37.7 Å². The summed E-state index contributed by atoms with van der Waals surface area (Å²) >= 11 is 0. The summed E-state index contributed by atoms with van der Waals surface area (Å²) in [7, 11) is 0. The minimum atomic E-state index is 0.597. The van der Waals surface area contributed by atoms with Gasteiger partial charge in [0, 0.05) is 19.1 Å². The van der Waals surface area contributed by atoms with Crippen molar-refractivity contribution in [1.29, 1.82) is 0 Å². The second-order valence-corrected chi connectivity index (χ2v) is 5.12. The van der Waals surface area contributed by atoms with Crippen LogP contribution in [0.15, 0.2) is 30.3 Å². The van der Waals surface area contributed by atoms with Gasteiger partial charge in [-0.3, -0.25) is 0 Å². The van der Waals surface area contributed by atoms with Crippen LogP contribution in [-0.4, -0.2) is 25.7 Å². The topological polar surface area (TPSA) is 24.1 Å². The van der Waals surface area contributed by atoms with E-state index in [-0.39, 0.29) is 0 Å². The highest BCUT2D eigenvalue weighted by Gasteiger charge is 2.12. The molecule has 2 nitrogen and oxygen atoms in total. The molecule has 1 saturated heterocycles. The average Bonchev–Trinajstić information content (AvgIpc) is 2.41. The lowest BCUT2D eigenvalue weighted by molar-refractivity contribution is 0.381. The van der Waals surface area contributed by atoms with Crippen molar-refractivity contribution in [3.8, 4) is 0 Å². The van der Waals surface area contributed by atoms with Crippen LogP contribution < -0.4 is 10.6 Å². The molecule has 0 spiro atoms. The Kier molecular flexibility index (Phi) is 5.02. The van der Waals surface area contributed by atoms with Gasteiger partial charge in [-0.25, -0.2) is 0 Å². The van der Waals surface area contributed by atoms with Crippen molar-refractivity contribution in [2.45, 2.75) is 38.1 Å². The van der Waals surface area contributed by atoms with Crippen molar-refractivity contribution in [3.05, 3.63) is 35.9 Å². The van der Waals surface area contributed by atoms with Crippen molar-refractivity contribution in [1.82, 2.24) is 10.6 Å². The molecule has 2 atom stereocenters. The van der Waals surface area contributed by atoms with E-state index in [1.165, 1.54) is 31.4 Å². The third-order valence-corrected chi connectivity index (χ3v) is 3.62. The summed E-state index contributed by atoms with van der Waals surface area (Å²) in [6, 6.07) is 11.4. The first-order chi connectivity index (χ1) is 8.36.